The highest BCUT2D eigenvalue weighted by Gasteiger charge is 2.04. The van der Waals surface area contributed by atoms with Crippen molar-refractivity contribution in [3.05, 3.63) is 29.8 Å². The zero-order valence-corrected chi connectivity index (χ0v) is 10.3. The predicted molar refractivity (Wildman–Crippen MR) is 67.3 cm³/mol. The highest BCUT2D eigenvalue weighted by Crippen LogP contribution is 2.08. The molecular formula is C11H16N2O2S. The molecule has 0 bridgehead atoms. The van der Waals surface area contributed by atoms with E-state index in [1.165, 1.54) is 0 Å². The van der Waals surface area contributed by atoms with Crippen molar-refractivity contribution in [3.63, 3.8) is 0 Å². The van der Waals surface area contributed by atoms with Crippen molar-refractivity contribution >= 4 is 22.4 Å². The molecule has 0 heterocycles. The summed E-state index contributed by atoms with van der Waals surface area (Å²) < 4.78 is 10.8. The van der Waals surface area contributed by atoms with Crippen LogP contribution in [0.5, 0.6) is 0 Å². The van der Waals surface area contributed by atoms with E-state index in [9.17, 15) is 9.00 Å². The highest BCUT2D eigenvalue weighted by molar-refractivity contribution is 7.84. The van der Waals surface area contributed by atoms with Crippen molar-refractivity contribution < 1.29 is 9.00 Å². The van der Waals surface area contributed by atoms with Gasteiger partial charge in [-0.1, -0.05) is 0 Å². The minimum atomic E-state index is -0.868. The van der Waals surface area contributed by atoms with Gasteiger partial charge in [-0.05, 0) is 24.3 Å². The topological polar surface area (TPSA) is 58.2 Å². The molecule has 1 unspecified atom stereocenters. The molecule has 1 aromatic rings. The predicted octanol–water partition coefficient (Wildman–Crippen LogP) is 0.837. The summed E-state index contributed by atoms with van der Waals surface area (Å²) in [6, 6.07) is 7.19. The standard InChI is InChI=1S/C11H16N2O2S/c1-12-10-5-3-9(4-6-10)11(14)13-7-8-16(2)15/h3-6,12H,7-8H2,1-2H3,(H,13,14). The molecule has 1 atom stereocenters. The Bertz CT molecular complexity index is 376. The Morgan fingerprint density at radius 3 is 2.44 bits per heavy atom. The van der Waals surface area contributed by atoms with Crippen molar-refractivity contribution in [3.8, 4) is 0 Å². The van der Waals surface area contributed by atoms with Crippen LogP contribution in [0.15, 0.2) is 24.3 Å². The lowest BCUT2D eigenvalue weighted by atomic mass is 10.2. The van der Waals surface area contributed by atoms with Crippen LogP contribution in [-0.2, 0) is 10.8 Å². The number of nitrogens with one attached hydrogen (secondary N) is 2. The van der Waals surface area contributed by atoms with E-state index in [-0.39, 0.29) is 5.91 Å². The van der Waals surface area contributed by atoms with Gasteiger partial charge in [0.25, 0.3) is 5.91 Å². The molecule has 0 aromatic heterocycles. The molecule has 0 aliphatic rings. The summed E-state index contributed by atoms with van der Waals surface area (Å²) in [5.74, 6) is 0.355. The molecule has 0 saturated heterocycles. The SMILES string of the molecule is CNc1ccc(C(=O)NCCS(C)=O)cc1. The van der Waals surface area contributed by atoms with Crippen molar-refractivity contribution in [2.75, 3.05) is 30.9 Å². The second kappa shape index (κ2) is 6.27. The van der Waals surface area contributed by atoms with Gasteiger partial charge in [-0.3, -0.25) is 9.00 Å². The van der Waals surface area contributed by atoms with Gasteiger partial charge < -0.3 is 10.6 Å². The summed E-state index contributed by atoms with van der Waals surface area (Å²) in [6.45, 7) is 0.440. The molecule has 0 aliphatic carbocycles. The lowest BCUT2D eigenvalue weighted by Crippen LogP contribution is -2.27. The van der Waals surface area contributed by atoms with Crippen LogP contribution in [-0.4, -0.2) is 35.7 Å². The average molecular weight is 240 g/mol. The average Bonchev–Trinajstić information content (AvgIpc) is 2.28. The Morgan fingerprint density at radius 1 is 1.31 bits per heavy atom. The third kappa shape index (κ3) is 4.02. The first-order chi connectivity index (χ1) is 7.63. The number of hydrogen-bond donors (Lipinski definition) is 2. The first kappa shape index (κ1) is 12.7. The van der Waals surface area contributed by atoms with Crippen molar-refractivity contribution in [1.29, 1.82) is 0 Å². The fourth-order valence-corrected chi connectivity index (χ4v) is 1.59. The van der Waals surface area contributed by atoms with Gasteiger partial charge in [-0.15, -0.1) is 0 Å². The first-order valence-corrected chi connectivity index (χ1v) is 6.72. The maximum atomic E-state index is 11.6. The maximum absolute atomic E-state index is 11.6. The van der Waals surface area contributed by atoms with Crippen LogP contribution >= 0.6 is 0 Å². The molecular weight excluding hydrogens is 224 g/mol. The zero-order chi connectivity index (χ0) is 12.0. The number of carbonyl (C=O) groups excluding carboxylic acids is 1. The number of carbonyl (C=O) groups is 1. The summed E-state index contributed by atoms with van der Waals surface area (Å²) in [5.41, 5.74) is 1.58. The van der Waals surface area contributed by atoms with Crippen LogP contribution < -0.4 is 10.6 Å². The Hall–Kier alpha value is -1.36. The third-order valence-electron chi connectivity index (χ3n) is 2.11. The molecule has 5 heteroatoms. The van der Waals surface area contributed by atoms with E-state index in [0.29, 0.717) is 17.9 Å². The summed E-state index contributed by atoms with van der Waals surface area (Å²) in [6.07, 6.45) is 1.62. The van der Waals surface area contributed by atoms with Crippen molar-refractivity contribution in [2.45, 2.75) is 0 Å². The van der Waals surface area contributed by atoms with Crippen LogP contribution in [0.4, 0.5) is 5.69 Å². The summed E-state index contributed by atoms with van der Waals surface area (Å²) in [5, 5.41) is 5.69. The largest absolute Gasteiger partial charge is 0.388 e. The number of hydrogen-bond acceptors (Lipinski definition) is 3. The molecule has 1 rings (SSSR count). The van der Waals surface area contributed by atoms with E-state index in [1.54, 1.807) is 18.4 Å². The molecule has 0 saturated carbocycles. The molecule has 0 fully saturated rings. The molecule has 0 spiro atoms. The van der Waals surface area contributed by atoms with Gasteiger partial charge >= 0.3 is 0 Å². The quantitative estimate of drug-likeness (QED) is 0.801. The van der Waals surface area contributed by atoms with Crippen LogP contribution in [0.3, 0.4) is 0 Å². The summed E-state index contributed by atoms with van der Waals surface area (Å²) in [4.78, 5) is 11.6. The fourth-order valence-electron chi connectivity index (χ4n) is 1.20. The van der Waals surface area contributed by atoms with Crippen molar-refractivity contribution in [2.24, 2.45) is 0 Å². The Labute approximate surface area is 97.9 Å². The van der Waals surface area contributed by atoms with E-state index in [2.05, 4.69) is 10.6 Å². The van der Waals surface area contributed by atoms with Gasteiger partial charge in [-0.2, -0.15) is 0 Å². The van der Waals surface area contributed by atoms with Gasteiger partial charge in [0.2, 0.25) is 0 Å². The van der Waals surface area contributed by atoms with E-state index >= 15 is 0 Å². The van der Waals surface area contributed by atoms with Gasteiger partial charge in [-0.25, -0.2) is 0 Å². The van der Waals surface area contributed by atoms with Crippen LogP contribution in [0.1, 0.15) is 10.4 Å². The summed E-state index contributed by atoms with van der Waals surface area (Å²) in [7, 11) is 0.957. The number of benzene rings is 1. The molecule has 88 valence electrons. The maximum Gasteiger partial charge on any atom is 0.251 e. The molecule has 4 nitrogen and oxygen atoms in total. The number of amides is 1. The van der Waals surface area contributed by atoms with E-state index in [0.717, 1.165) is 5.69 Å². The molecule has 0 aliphatic heterocycles. The molecule has 1 amide bonds. The second-order valence-electron chi connectivity index (χ2n) is 3.36. The Kier molecular flexibility index (Phi) is 4.98. The molecule has 0 radical (unpaired) electrons. The molecule has 16 heavy (non-hydrogen) atoms. The Balaban J connectivity index is 2.49. The third-order valence-corrected chi connectivity index (χ3v) is 2.89. The minimum absolute atomic E-state index is 0.131. The lowest BCUT2D eigenvalue weighted by Gasteiger charge is -2.05. The van der Waals surface area contributed by atoms with Crippen LogP contribution in [0.25, 0.3) is 0 Å². The Morgan fingerprint density at radius 2 is 1.94 bits per heavy atom. The number of rotatable bonds is 5. The van der Waals surface area contributed by atoms with Gasteiger partial charge in [0.05, 0.1) is 0 Å². The highest BCUT2D eigenvalue weighted by atomic mass is 32.2. The summed E-state index contributed by atoms with van der Waals surface area (Å²) >= 11 is 0. The fraction of sp³-hybridized carbons (Fsp3) is 0.364. The van der Waals surface area contributed by atoms with Gasteiger partial charge in [0.1, 0.15) is 0 Å². The second-order valence-corrected chi connectivity index (χ2v) is 4.92. The molecule has 2 N–H and O–H groups in total. The normalized spacial score (nSPS) is 11.9. The van der Waals surface area contributed by atoms with Gasteiger partial charge in [0, 0.05) is 47.7 Å². The first-order valence-electron chi connectivity index (χ1n) is 4.99. The van der Waals surface area contributed by atoms with Gasteiger partial charge in [0.15, 0.2) is 0 Å². The number of anilines is 1. The monoisotopic (exact) mass is 240 g/mol. The van der Waals surface area contributed by atoms with Crippen LogP contribution in [0.2, 0.25) is 0 Å². The zero-order valence-electron chi connectivity index (χ0n) is 9.45. The smallest absolute Gasteiger partial charge is 0.251 e. The van der Waals surface area contributed by atoms with E-state index < -0.39 is 10.8 Å². The van der Waals surface area contributed by atoms with E-state index in [4.69, 9.17) is 0 Å². The minimum Gasteiger partial charge on any atom is -0.388 e. The van der Waals surface area contributed by atoms with Crippen molar-refractivity contribution in [1.82, 2.24) is 5.32 Å². The van der Waals surface area contributed by atoms with Crippen LogP contribution in [0, 0.1) is 0 Å². The molecule has 1 aromatic carbocycles. The van der Waals surface area contributed by atoms with E-state index in [1.807, 2.05) is 19.2 Å². The lowest BCUT2D eigenvalue weighted by molar-refractivity contribution is 0.0956.